The van der Waals surface area contributed by atoms with E-state index in [1.54, 1.807) is 4.57 Å². The van der Waals surface area contributed by atoms with Crippen LogP contribution in [-0.4, -0.2) is 41.6 Å². The Morgan fingerprint density at radius 3 is 2.36 bits per heavy atom. The highest BCUT2D eigenvalue weighted by Gasteiger charge is 2.27. The minimum atomic E-state index is -0.285. The maximum Gasteiger partial charge on any atom is 0.271 e. The van der Waals surface area contributed by atoms with Gasteiger partial charge in [-0.05, 0) is 23.1 Å². The second-order valence-corrected chi connectivity index (χ2v) is 8.93. The molecule has 1 aliphatic rings. The number of hydrogen-bond acceptors (Lipinski definition) is 5. The second-order valence-electron chi connectivity index (χ2n) is 7.99. The molecule has 1 saturated heterocycles. The first-order chi connectivity index (χ1) is 16.2. The predicted molar refractivity (Wildman–Crippen MR) is 131 cm³/mol. The number of anilines is 1. The number of pyridine rings is 1. The second kappa shape index (κ2) is 8.93. The maximum absolute atomic E-state index is 13.5. The number of piperazine rings is 1. The summed E-state index contributed by atoms with van der Waals surface area (Å²) in [4.78, 5) is 30.8. The lowest BCUT2D eigenvalue weighted by molar-refractivity contribution is 0.0751. The summed E-state index contributed by atoms with van der Waals surface area (Å²) in [7, 11) is 0. The van der Waals surface area contributed by atoms with Gasteiger partial charge < -0.3 is 14.4 Å². The largest absolute Gasteiger partial charge is 0.366 e. The number of carbonyl (C=O) groups excluding carboxylic acids is 1. The van der Waals surface area contributed by atoms with Crippen LogP contribution in [0.15, 0.2) is 76.9 Å². The van der Waals surface area contributed by atoms with Gasteiger partial charge >= 0.3 is 0 Å². The van der Waals surface area contributed by atoms with E-state index in [9.17, 15) is 14.9 Å². The van der Waals surface area contributed by atoms with E-state index in [0.29, 0.717) is 38.4 Å². The molecule has 6 nitrogen and oxygen atoms in total. The van der Waals surface area contributed by atoms with Crippen molar-refractivity contribution >= 4 is 33.8 Å². The minimum absolute atomic E-state index is 0.0355. The predicted octanol–water partition coefficient (Wildman–Crippen LogP) is 3.95. The number of hydrogen-bond donors (Lipinski definition) is 0. The minimum Gasteiger partial charge on any atom is -0.366 e. The number of benzene rings is 2. The van der Waals surface area contributed by atoms with Crippen LogP contribution in [0.25, 0.3) is 10.9 Å². The molecular weight excluding hydrogens is 432 g/mol. The molecule has 5 rings (SSSR count). The van der Waals surface area contributed by atoms with Crippen molar-refractivity contribution in [2.45, 2.75) is 6.54 Å². The third-order valence-electron chi connectivity index (χ3n) is 6.06. The monoisotopic (exact) mass is 454 g/mol. The van der Waals surface area contributed by atoms with Crippen LogP contribution >= 0.6 is 11.3 Å². The van der Waals surface area contributed by atoms with E-state index < -0.39 is 0 Å². The molecule has 0 radical (unpaired) electrons. The van der Waals surface area contributed by atoms with Gasteiger partial charge in [-0.3, -0.25) is 9.59 Å². The Bertz CT molecular complexity index is 1400. The normalized spacial score (nSPS) is 13.8. The highest BCUT2D eigenvalue weighted by Crippen LogP contribution is 2.30. The fourth-order valence-corrected chi connectivity index (χ4v) is 5.12. The zero-order valence-electron chi connectivity index (χ0n) is 18.0. The molecule has 0 aliphatic carbocycles. The summed E-state index contributed by atoms with van der Waals surface area (Å²) in [5.41, 5.74) is 2.35. The van der Waals surface area contributed by atoms with Crippen molar-refractivity contribution in [3.05, 3.63) is 98.5 Å². The molecule has 0 bridgehead atoms. The van der Waals surface area contributed by atoms with Crippen molar-refractivity contribution in [2.24, 2.45) is 0 Å². The van der Waals surface area contributed by atoms with Crippen LogP contribution in [0, 0.1) is 11.3 Å². The van der Waals surface area contributed by atoms with Crippen LogP contribution in [0.5, 0.6) is 0 Å². The van der Waals surface area contributed by atoms with E-state index in [-0.39, 0.29) is 17.0 Å². The molecule has 2 aromatic heterocycles. The zero-order valence-corrected chi connectivity index (χ0v) is 18.8. The Labute approximate surface area is 195 Å². The van der Waals surface area contributed by atoms with Gasteiger partial charge in [0.15, 0.2) is 0 Å². The van der Waals surface area contributed by atoms with E-state index in [1.165, 1.54) is 11.3 Å². The number of nitriles is 1. The summed E-state index contributed by atoms with van der Waals surface area (Å²) in [6.07, 6.45) is 0. The third-order valence-corrected chi connectivity index (χ3v) is 6.91. The molecule has 164 valence electrons. The fourth-order valence-electron chi connectivity index (χ4n) is 4.43. The Hall–Kier alpha value is -3.89. The Kier molecular flexibility index (Phi) is 5.68. The van der Waals surface area contributed by atoms with Crippen LogP contribution in [-0.2, 0) is 6.54 Å². The van der Waals surface area contributed by atoms with Crippen LogP contribution < -0.4 is 10.5 Å². The van der Waals surface area contributed by atoms with E-state index in [4.69, 9.17) is 0 Å². The highest BCUT2D eigenvalue weighted by molar-refractivity contribution is 7.12. The van der Waals surface area contributed by atoms with Crippen LogP contribution in [0.2, 0.25) is 0 Å². The number of para-hydroxylation sites is 1. The quantitative estimate of drug-likeness (QED) is 0.468. The van der Waals surface area contributed by atoms with Gasteiger partial charge in [-0.1, -0.05) is 54.6 Å². The summed E-state index contributed by atoms with van der Waals surface area (Å²) < 4.78 is 1.68. The molecule has 0 spiro atoms. The molecule has 33 heavy (non-hydrogen) atoms. The fraction of sp³-hybridized carbons (Fsp3) is 0.192. The van der Waals surface area contributed by atoms with Crippen molar-refractivity contribution in [1.29, 1.82) is 5.26 Å². The van der Waals surface area contributed by atoms with Crippen molar-refractivity contribution < 1.29 is 4.79 Å². The molecule has 0 N–H and O–H groups in total. The van der Waals surface area contributed by atoms with E-state index in [0.717, 1.165) is 21.3 Å². The summed E-state index contributed by atoms with van der Waals surface area (Å²) in [6, 6.07) is 23.4. The molecule has 1 amide bonds. The van der Waals surface area contributed by atoms with Crippen LogP contribution in [0.3, 0.4) is 0 Å². The number of fused-ring (bicyclic) bond motifs is 1. The molecule has 0 unspecified atom stereocenters. The van der Waals surface area contributed by atoms with Gasteiger partial charge in [0.05, 0.1) is 22.6 Å². The van der Waals surface area contributed by atoms with E-state index in [1.807, 2.05) is 77.0 Å². The topological polar surface area (TPSA) is 69.3 Å². The maximum atomic E-state index is 13.5. The molecule has 3 heterocycles. The Balaban J connectivity index is 1.52. The van der Waals surface area contributed by atoms with Gasteiger partial charge in [0.2, 0.25) is 0 Å². The van der Waals surface area contributed by atoms with Gasteiger partial charge in [-0.25, -0.2) is 0 Å². The molecule has 1 aliphatic heterocycles. The third kappa shape index (κ3) is 3.90. The van der Waals surface area contributed by atoms with Gasteiger partial charge in [0.25, 0.3) is 11.5 Å². The standard InChI is InChI=1S/C26H22N4O2S/c27-17-21-24(28-12-14-29(15-13-28)26(32)23-11-6-16-33-23)20-9-4-5-10-22(20)30(25(21)31)18-19-7-2-1-3-8-19/h1-11,16H,12-15,18H2. The van der Waals surface area contributed by atoms with E-state index >= 15 is 0 Å². The molecule has 4 aromatic rings. The molecular formula is C26H22N4O2S. The first-order valence-electron chi connectivity index (χ1n) is 10.8. The van der Waals surface area contributed by atoms with Crippen molar-refractivity contribution in [3.63, 3.8) is 0 Å². The highest BCUT2D eigenvalue weighted by atomic mass is 32.1. The Morgan fingerprint density at radius 1 is 0.939 bits per heavy atom. The molecule has 0 atom stereocenters. The number of nitrogens with zero attached hydrogens (tertiary/aromatic N) is 4. The lowest BCUT2D eigenvalue weighted by Crippen LogP contribution is -2.49. The number of rotatable bonds is 4. The molecule has 0 saturated carbocycles. The van der Waals surface area contributed by atoms with Crippen LogP contribution in [0.4, 0.5) is 5.69 Å². The van der Waals surface area contributed by atoms with E-state index in [2.05, 4.69) is 11.0 Å². The van der Waals surface area contributed by atoms with Gasteiger partial charge in [-0.2, -0.15) is 5.26 Å². The van der Waals surface area contributed by atoms with Crippen molar-refractivity contribution in [1.82, 2.24) is 9.47 Å². The number of carbonyl (C=O) groups is 1. The van der Waals surface area contributed by atoms with Crippen molar-refractivity contribution in [3.8, 4) is 6.07 Å². The zero-order chi connectivity index (χ0) is 22.8. The van der Waals surface area contributed by atoms with Gasteiger partial charge in [0.1, 0.15) is 11.6 Å². The summed E-state index contributed by atoms with van der Waals surface area (Å²) in [5.74, 6) is 0.0355. The lowest BCUT2D eigenvalue weighted by Gasteiger charge is -2.37. The number of amides is 1. The molecule has 2 aromatic carbocycles. The first-order valence-corrected chi connectivity index (χ1v) is 11.7. The summed E-state index contributed by atoms with van der Waals surface area (Å²) >= 11 is 1.44. The van der Waals surface area contributed by atoms with Crippen LogP contribution in [0.1, 0.15) is 20.8 Å². The summed E-state index contributed by atoms with van der Waals surface area (Å²) in [5, 5.41) is 12.8. The lowest BCUT2D eigenvalue weighted by atomic mass is 10.1. The first kappa shape index (κ1) is 21.0. The number of thiophene rings is 1. The smallest absolute Gasteiger partial charge is 0.271 e. The SMILES string of the molecule is N#Cc1c(N2CCN(C(=O)c3cccs3)CC2)c2ccccc2n(Cc2ccccc2)c1=O. The Morgan fingerprint density at radius 2 is 1.67 bits per heavy atom. The molecule has 7 heteroatoms. The summed E-state index contributed by atoms with van der Waals surface area (Å²) in [6.45, 7) is 2.63. The van der Waals surface area contributed by atoms with Gasteiger partial charge in [0, 0.05) is 31.6 Å². The average Bonchev–Trinajstić information content (AvgIpc) is 3.41. The number of aromatic nitrogens is 1. The molecule has 1 fully saturated rings. The van der Waals surface area contributed by atoms with Crippen molar-refractivity contribution in [2.75, 3.05) is 31.1 Å². The average molecular weight is 455 g/mol. The van der Waals surface area contributed by atoms with Gasteiger partial charge in [-0.15, -0.1) is 11.3 Å².